The first-order valence-electron chi connectivity index (χ1n) is 33.2. The van der Waals surface area contributed by atoms with Crippen LogP contribution in [0.25, 0.3) is 0 Å². The Morgan fingerprint density at radius 2 is 1.03 bits per heavy atom. The minimum Gasteiger partial charge on any atom is -0.477 e. The van der Waals surface area contributed by atoms with Crippen molar-refractivity contribution in [2.45, 2.75) is 181 Å². The highest BCUT2D eigenvalue weighted by Gasteiger charge is 2.56. The van der Waals surface area contributed by atoms with E-state index in [1.807, 2.05) is 113 Å². The van der Waals surface area contributed by atoms with Crippen molar-refractivity contribution in [3.8, 4) is 0 Å². The highest BCUT2D eigenvalue weighted by atomic mass is 79.9. The summed E-state index contributed by atoms with van der Waals surface area (Å²) in [7, 11) is 0. The summed E-state index contributed by atoms with van der Waals surface area (Å²) in [6, 6.07) is 31.8. The number of likely N-dealkylation sites (tertiary alicyclic amines) is 1. The zero-order valence-electron chi connectivity index (χ0n) is 56.2. The molecule has 2 unspecified atom stereocenters. The van der Waals surface area contributed by atoms with E-state index >= 15 is 0 Å². The summed E-state index contributed by atoms with van der Waals surface area (Å²) in [6.07, 6.45) is 5.32. The van der Waals surface area contributed by atoms with Crippen molar-refractivity contribution in [3.05, 3.63) is 160 Å². The molecule has 8 aliphatic heterocycles. The number of allylic oxidation sites excluding steroid dienone is 2. The maximum atomic E-state index is 14.8. The molecule has 0 radical (unpaired) electrons. The Kier molecular flexibility index (Phi) is 22.6. The summed E-state index contributed by atoms with van der Waals surface area (Å²) in [6.45, 7) is 27.4. The van der Waals surface area contributed by atoms with Crippen molar-refractivity contribution in [2.75, 3.05) is 39.3 Å². The zero-order chi connectivity index (χ0) is 68.7. The second kappa shape index (κ2) is 29.8. The van der Waals surface area contributed by atoms with E-state index in [0.717, 1.165) is 85.0 Å². The molecule has 508 valence electrons. The van der Waals surface area contributed by atoms with E-state index < -0.39 is 23.1 Å². The molecule has 95 heavy (non-hydrogen) atoms. The molecule has 12 rings (SSSR count). The second-order valence-electron chi connectivity index (χ2n) is 27.0. The lowest BCUT2D eigenvalue weighted by atomic mass is 9.81. The second-order valence-corrected chi connectivity index (χ2v) is 31.6. The number of carboxylic acids is 1. The monoisotopic (exact) mass is 1500 g/mol. The number of aliphatic carboxylic acids is 1. The third-order valence-electron chi connectivity index (χ3n) is 19.9. The van der Waals surface area contributed by atoms with Gasteiger partial charge in [0.1, 0.15) is 26.9 Å². The van der Waals surface area contributed by atoms with Gasteiger partial charge in [-0.25, -0.2) is 14.8 Å². The number of fused-ring (bicyclic) bond motifs is 2. The van der Waals surface area contributed by atoms with Gasteiger partial charge in [-0.05, 0) is 172 Å². The van der Waals surface area contributed by atoms with Crippen LogP contribution in [-0.2, 0) is 39.8 Å². The van der Waals surface area contributed by atoms with Crippen LogP contribution < -0.4 is 5.32 Å². The van der Waals surface area contributed by atoms with Crippen LogP contribution in [0.4, 0.5) is 0 Å². The first kappa shape index (κ1) is 72.1. The van der Waals surface area contributed by atoms with Gasteiger partial charge in [0.05, 0.1) is 18.1 Å². The smallest absolute Gasteiger partial charge is 0.344 e. The molecule has 23 heteroatoms. The molecular weight excluding hydrogens is 1410 g/mol. The Balaban J connectivity index is 0.000000173. The van der Waals surface area contributed by atoms with E-state index in [1.54, 1.807) is 13.8 Å². The topological polar surface area (TPSA) is 182 Å². The molecule has 4 aromatic carbocycles. The highest BCUT2D eigenvalue weighted by molar-refractivity contribution is 9.10. The van der Waals surface area contributed by atoms with Crippen molar-refractivity contribution in [3.63, 3.8) is 0 Å². The fourth-order valence-corrected chi connectivity index (χ4v) is 18.5. The molecule has 8 aliphatic rings. The van der Waals surface area contributed by atoms with Gasteiger partial charge in [-0.15, -0.1) is 0 Å². The molecule has 0 saturated carbocycles. The minimum atomic E-state index is -0.906. The Morgan fingerprint density at radius 1 is 0.600 bits per heavy atom. The number of carbonyl (C=O) groups excluding carboxylic acids is 5. The van der Waals surface area contributed by atoms with Crippen molar-refractivity contribution >= 4 is 124 Å². The summed E-state index contributed by atoms with van der Waals surface area (Å²) >= 11 is 22.3. The van der Waals surface area contributed by atoms with Crippen molar-refractivity contribution < 1.29 is 33.9 Å². The van der Waals surface area contributed by atoms with E-state index in [0.29, 0.717) is 71.6 Å². The number of amides is 5. The fraction of sp³-hybridized carbons (Fsp3) is 0.500. The number of benzene rings is 4. The van der Waals surface area contributed by atoms with Crippen LogP contribution in [0.15, 0.2) is 137 Å². The van der Waals surface area contributed by atoms with E-state index in [4.69, 9.17) is 33.2 Å². The molecule has 5 amide bonds. The number of piperazine rings is 2. The molecule has 4 fully saturated rings. The number of carboxylic acid groups (broad SMARTS) is 1. The van der Waals surface area contributed by atoms with Gasteiger partial charge < -0.3 is 44.7 Å². The van der Waals surface area contributed by atoms with Gasteiger partial charge in [0.15, 0.2) is 10.3 Å². The lowest BCUT2D eigenvalue weighted by Crippen LogP contribution is -2.58. The van der Waals surface area contributed by atoms with Crippen LogP contribution in [0.1, 0.15) is 156 Å². The standard InChI is InChI=1S/C36H43BrClN5O3S.C22H20BrClN2O2S.C14H25N3O2/c1-7-28-16-17-29(33(45)40-18-19-41(23(5)44)22(4)20-40)42(28)34(46)31-30(21(2)3)43-32(24-8-14-27(38)15-9-24)36(6,39-35(43)47-31)25-10-12-26(37)13-11-25;1-12(2)17-18(20(27)28)29-21-25-22(3,14-6-8-15(23)9-7-14)19(26(17)21)13-4-10-16(24)11-5-13;1-4-12-5-6-13(15-12)14(19)16-7-8-17(11(3)18)10(2)9-16/h8-15,21-22,28-29,32H,7,16-20H2,1-6H3;4-12,19H,1-3H3,(H,27,28);10,12-13,15H,4-9H2,1-3H3/t22-,28-,29+,32-,36+;;10-,12-,13+/m1.1/s1. The number of nitrogens with one attached hydrogen (secondary N) is 1. The van der Waals surface area contributed by atoms with Crippen LogP contribution in [0.5, 0.6) is 0 Å². The quantitative estimate of drug-likeness (QED) is 0.137. The summed E-state index contributed by atoms with van der Waals surface area (Å²) in [5.41, 5.74) is 4.81. The van der Waals surface area contributed by atoms with Gasteiger partial charge in [-0.3, -0.25) is 24.0 Å². The lowest BCUT2D eigenvalue weighted by Gasteiger charge is -2.41. The number of hydrogen-bond donors (Lipinski definition) is 2. The fourth-order valence-electron chi connectivity index (χ4n) is 15.1. The van der Waals surface area contributed by atoms with Gasteiger partial charge in [0.2, 0.25) is 23.6 Å². The summed E-state index contributed by atoms with van der Waals surface area (Å²) in [5, 5.41) is 16.1. The van der Waals surface area contributed by atoms with Gasteiger partial charge in [-0.1, -0.05) is 145 Å². The number of nitrogens with zero attached hydrogens (tertiary/aromatic N) is 9. The van der Waals surface area contributed by atoms with Crippen LogP contribution in [0.2, 0.25) is 10.0 Å². The summed E-state index contributed by atoms with van der Waals surface area (Å²) in [4.78, 5) is 102. The average Bonchev–Trinajstić information content (AvgIpc) is 1.57. The molecule has 17 nitrogen and oxygen atoms in total. The zero-order valence-corrected chi connectivity index (χ0v) is 62.6. The Bertz CT molecular complexity index is 3710. The largest absolute Gasteiger partial charge is 0.477 e. The number of hydrogen-bond acceptors (Lipinski definition) is 13. The number of halogens is 4. The Morgan fingerprint density at radius 3 is 1.42 bits per heavy atom. The van der Waals surface area contributed by atoms with Crippen LogP contribution in [0.3, 0.4) is 0 Å². The van der Waals surface area contributed by atoms with Crippen molar-refractivity contribution in [1.82, 2.24) is 39.6 Å². The molecule has 4 saturated heterocycles. The molecule has 4 aromatic rings. The SMILES string of the molecule is CC(C)C1=C(C(=O)O)SC2=NC(C)(c3ccc(Br)cc3)C(c3ccc(Cl)cc3)N21.CC[C@@H]1CC[C@@H](C(=O)N2CCN(C(C)=O)[C@H](C)C2)N1.CC[C@@H]1CC[C@@H](C(=O)N2CCN(C(C)=O)[C@H](C)C2)N1C(=O)C1=C(C(C)C)N2C(=N[C@@](C)(c3ccc(Br)cc3)[C@H]2c2ccc(Cl)cc2)S1. The molecule has 0 aliphatic carbocycles. The van der Waals surface area contributed by atoms with Crippen molar-refractivity contribution in [1.29, 1.82) is 0 Å². The van der Waals surface area contributed by atoms with Crippen LogP contribution in [-0.4, -0.2) is 161 Å². The van der Waals surface area contributed by atoms with E-state index in [-0.39, 0.29) is 77.6 Å². The predicted molar refractivity (Wildman–Crippen MR) is 388 cm³/mol. The summed E-state index contributed by atoms with van der Waals surface area (Å²) in [5.74, 6) is -0.604. The highest BCUT2D eigenvalue weighted by Crippen LogP contribution is 2.58. The summed E-state index contributed by atoms with van der Waals surface area (Å²) < 4.78 is 2.00. The van der Waals surface area contributed by atoms with Gasteiger partial charge in [-0.2, -0.15) is 0 Å². The number of amidine groups is 2. The van der Waals surface area contributed by atoms with Crippen molar-refractivity contribution in [2.24, 2.45) is 21.8 Å². The van der Waals surface area contributed by atoms with Crippen LogP contribution >= 0.6 is 78.6 Å². The molecule has 2 N–H and O–H groups in total. The first-order valence-corrected chi connectivity index (χ1v) is 37.2. The van der Waals surface area contributed by atoms with E-state index in [1.165, 1.54) is 23.5 Å². The Hall–Kier alpha value is -5.68. The lowest BCUT2D eigenvalue weighted by molar-refractivity contribution is -0.147. The van der Waals surface area contributed by atoms with Gasteiger partial charge in [0.25, 0.3) is 5.91 Å². The Labute approximate surface area is 595 Å². The number of aliphatic imine (C=N–C) groups is 2. The molecule has 10 atom stereocenters. The van der Waals surface area contributed by atoms with E-state index in [9.17, 15) is 33.9 Å². The average molecular weight is 1500 g/mol. The van der Waals surface area contributed by atoms with E-state index in [2.05, 4.69) is 125 Å². The minimum absolute atomic E-state index is 0.0129. The third kappa shape index (κ3) is 14.6. The predicted octanol–water partition coefficient (Wildman–Crippen LogP) is 14.2. The molecular formula is C72H88Br2Cl2N10O7S2. The van der Waals surface area contributed by atoms with Crippen LogP contribution in [0, 0.1) is 11.8 Å². The molecule has 0 bridgehead atoms. The molecule has 0 spiro atoms. The maximum absolute atomic E-state index is 14.8. The third-order valence-corrected chi connectivity index (χ3v) is 23.6. The maximum Gasteiger partial charge on any atom is 0.344 e. The number of rotatable bonds is 12. The molecule has 8 heterocycles. The number of thioether (sulfide) groups is 2. The molecule has 0 aromatic heterocycles. The van der Waals surface area contributed by atoms with Gasteiger partial charge in [0, 0.05) is 108 Å². The first-order chi connectivity index (χ1) is 45.1. The number of carbonyl (C=O) groups is 6. The normalized spacial score (nSPS) is 27.2. The van der Waals surface area contributed by atoms with Gasteiger partial charge >= 0.3 is 5.97 Å².